The number of ether oxygens (including phenoxy) is 1. The van der Waals surface area contributed by atoms with Crippen molar-refractivity contribution in [3.8, 4) is 5.75 Å². The normalized spacial score (nSPS) is 12.4. The van der Waals surface area contributed by atoms with Crippen molar-refractivity contribution < 1.29 is 4.74 Å². The van der Waals surface area contributed by atoms with Gasteiger partial charge in [0, 0.05) is 17.3 Å². The van der Waals surface area contributed by atoms with Gasteiger partial charge in [-0.1, -0.05) is 26.0 Å². The van der Waals surface area contributed by atoms with Crippen LogP contribution in [-0.4, -0.2) is 11.6 Å². The van der Waals surface area contributed by atoms with E-state index in [2.05, 4.69) is 37.9 Å². The van der Waals surface area contributed by atoms with Crippen molar-refractivity contribution in [3.63, 3.8) is 0 Å². The van der Waals surface area contributed by atoms with E-state index in [0.29, 0.717) is 0 Å². The van der Waals surface area contributed by atoms with Crippen molar-refractivity contribution in [2.45, 2.75) is 46.1 Å². The summed E-state index contributed by atoms with van der Waals surface area (Å²) in [6.07, 6.45) is 2.80. The van der Waals surface area contributed by atoms with E-state index in [0.717, 1.165) is 42.2 Å². The van der Waals surface area contributed by atoms with E-state index in [9.17, 15) is 0 Å². The molecule has 3 nitrogen and oxygen atoms in total. The molecule has 1 unspecified atom stereocenters. The Hall–Kier alpha value is -1.39. The number of hydrogen-bond donors (Lipinski definition) is 1. The quantitative estimate of drug-likeness (QED) is 0.839. The molecular formula is C17H24N2OS. The Morgan fingerprint density at radius 2 is 1.95 bits per heavy atom. The number of aryl methyl sites for hydroxylation is 2. The van der Waals surface area contributed by atoms with Crippen molar-refractivity contribution in [1.82, 2.24) is 4.98 Å². The molecule has 0 aliphatic heterocycles. The number of nitrogens with zero attached hydrogens (tertiary/aromatic N) is 1. The van der Waals surface area contributed by atoms with Gasteiger partial charge in [-0.05, 0) is 37.5 Å². The second kappa shape index (κ2) is 7.57. The van der Waals surface area contributed by atoms with Gasteiger partial charge in [0.05, 0.1) is 17.3 Å². The average molecular weight is 304 g/mol. The minimum absolute atomic E-state index is 0.0134. The molecule has 0 aliphatic carbocycles. The third-order valence-electron chi connectivity index (χ3n) is 3.45. The van der Waals surface area contributed by atoms with Crippen LogP contribution in [0, 0.1) is 6.92 Å². The van der Waals surface area contributed by atoms with E-state index in [1.807, 2.05) is 12.1 Å². The number of thiazole rings is 1. The van der Waals surface area contributed by atoms with Gasteiger partial charge in [0.15, 0.2) is 0 Å². The van der Waals surface area contributed by atoms with Gasteiger partial charge in [0.25, 0.3) is 0 Å². The van der Waals surface area contributed by atoms with Crippen molar-refractivity contribution in [2.75, 3.05) is 6.61 Å². The molecule has 0 spiro atoms. The molecule has 2 aromatic rings. The fraction of sp³-hybridized carbons (Fsp3) is 0.471. The summed E-state index contributed by atoms with van der Waals surface area (Å²) in [4.78, 5) is 5.97. The summed E-state index contributed by atoms with van der Waals surface area (Å²) in [7, 11) is 0. The topological polar surface area (TPSA) is 48.1 Å². The second-order valence-corrected chi connectivity index (χ2v) is 6.48. The Bertz CT molecular complexity index is 563. The first-order chi connectivity index (χ1) is 10.1. The van der Waals surface area contributed by atoms with Gasteiger partial charge in [-0.3, -0.25) is 0 Å². The van der Waals surface area contributed by atoms with Crippen LogP contribution in [0.3, 0.4) is 0 Å². The highest BCUT2D eigenvalue weighted by Crippen LogP contribution is 2.24. The average Bonchev–Trinajstić information content (AvgIpc) is 2.85. The van der Waals surface area contributed by atoms with Crippen LogP contribution < -0.4 is 10.5 Å². The molecule has 114 valence electrons. The van der Waals surface area contributed by atoms with Gasteiger partial charge in [0.1, 0.15) is 5.75 Å². The summed E-state index contributed by atoms with van der Waals surface area (Å²) < 4.78 is 5.59. The van der Waals surface area contributed by atoms with E-state index in [1.165, 1.54) is 10.6 Å². The van der Waals surface area contributed by atoms with Crippen LogP contribution in [0.25, 0.3) is 0 Å². The van der Waals surface area contributed by atoms with Gasteiger partial charge >= 0.3 is 0 Å². The molecule has 21 heavy (non-hydrogen) atoms. The summed E-state index contributed by atoms with van der Waals surface area (Å²) in [6, 6.07) is 8.08. The highest BCUT2D eigenvalue weighted by atomic mass is 32.1. The molecule has 0 fully saturated rings. The lowest BCUT2D eigenvalue weighted by molar-refractivity contribution is 0.317. The zero-order valence-electron chi connectivity index (χ0n) is 13.1. The standard InChI is InChI=1S/C17H24N2OS/c1-4-10-20-14-8-6-13(7-9-14)15(18)11-17-19-16(5-2)12(3)21-17/h6-9,15H,4-5,10-11,18H2,1-3H3. The number of benzene rings is 1. The smallest absolute Gasteiger partial charge is 0.119 e. The molecular weight excluding hydrogens is 280 g/mol. The van der Waals surface area contributed by atoms with Gasteiger partial charge in [-0.2, -0.15) is 0 Å². The molecule has 0 saturated heterocycles. The molecule has 1 atom stereocenters. The van der Waals surface area contributed by atoms with E-state index in [4.69, 9.17) is 10.5 Å². The summed E-state index contributed by atoms with van der Waals surface area (Å²) >= 11 is 1.76. The van der Waals surface area contributed by atoms with Crippen molar-refractivity contribution >= 4 is 11.3 Å². The third kappa shape index (κ3) is 4.29. The molecule has 0 radical (unpaired) electrons. The maximum absolute atomic E-state index is 6.30. The number of aromatic nitrogens is 1. The molecule has 1 aromatic carbocycles. The van der Waals surface area contributed by atoms with Crippen LogP contribution in [0.2, 0.25) is 0 Å². The van der Waals surface area contributed by atoms with Gasteiger partial charge < -0.3 is 10.5 Å². The van der Waals surface area contributed by atoms with Crippen molar-refractivity contribution in [1.29, 1.82) is 0 Å². The Kier molecular flexibility index (Phi) is 5.76. The fourth-order valence-electron chi connectivity index (χ4n) is 2.24. The van der Waals surface area contributed by atoms with Gasteiger partial charge in [-0.15, -0.1) is 11.3 Å². The predicted octanol–water partition coefficient (Wildman–Crippen LogP) is 4.05. The first-order valence-electron chi connectivity index (χ1n) is 7.57. The van der Waals surface area contributed by atoms with Gasteiger partial charge in [0.2, 0.25) is 0 Å². The molecule has 0 saturated carbocycles. The number of hydrogen-bond acceptors (Lipinski definition) is 4. The minimum Gasteiger partial charge on any atom is -0.494 e. The summed E-state index contributed by atoms with van der Waals surface area (Å²) in [5.41, 5.74) is 8.63. The number of nitrogens with two attached hydrogens (primary N) is 1. The van der Waals surface area contributed by atoms with Crippen LogP contribution in [0.15, 0.2) is 24.3 Å². The van der Waals surface area contributed by atoms with E-state index < -0.39 is 0 Å². The monoisotopic (exact) mass is 304 g/mol. The highest BCUT2D eigenvalue weighted by Gasteiger charge is 2.12. The fourth-order valence-corrected chi connectivity index (χ4v) is 3.32. The summed E-state index contributed by atoms with van der Waals surface area (Å²) in [6.45, 7) is 7.13. The summed E-state index contributed by atoms with van der Waals surface area (Å²) in [5, 5.41) is 1.13. The molecule has 0 aliphatic rings. The Balaban J connectivity index is 2.00. The molecule has 4 heteroatoms. The zero-order chi connectivity index (χ0) is 15.2. The number of rotatable bonds is 7. The molecule has 2 rings (SSSR count). The van der Waals surface area contributed by atoms with E-state index in [-0.39, 0.29) is 6.04 Å². The largest absolute Gasteiger partial charge is 0.494 e. The van der Waals surface area contributed by atoms with E-state index in [1.54, 1.807) is 11.3 Å². The summed E-state index contributed by atoms with van der Waals surface area (Å²) in [5.74, 6) is 0.908. The van der Waals surface area contributed by atoms with Crippen LogP contribution in [0.1, 0.15) is 47.5 Å². The van der Waals surface area contributed by atoms with Crippen LogP contribution in [-0.2, 0) is 12.8 Å². The maximum Gasteiger partial charge on any atom is 0.119 e. The lowest BCUT2D eigenvalue weighted by Gasteiger charge is -2.11. The van der Waals surface area contributed by atoms with Crippen LogP contribution >= 0.6 is 11.3 Å². The van der Waals surface area contributed by atoms with Crippen LogP contribution in [0.5, 0.6) is 5.75 Å². The third-order valence-corrected chi connectivity index (χ3v) is 4.48. The molecule has 1 heterocycles. The zero-order valence-corrected chi connectivity index (χ0v) is 13.9. The van der Waals surface area contributed by atoms with Crippen molar-refractivity contribution in [3.05, 3.63) is 45.4 Å². The lowest BCUT2D eigenvalue weighted by Crippen LogP contribution is -2.13. The Morgan fingerprint density at radius 3 is 2.52 bits per heavy atom. The first kappa shape index (κ1) is 16.0. The molecule has 2 N–H and O–H groups in total. The van der Waals surface area contributed by atoms with Crippen LogP contribution in [0.4, 0.5) is 0 Å². The van der Waals surface area contributed by atoms with Crippen molar-refractivity contribution in [2.24, 2.45) is 5.73 Å². The predicted molar refractivity (Wildman–Crippen MR) is 89.1 cm³/mol. The lowest BCUT2D eigenvalue weighted by atomic mass is 10.1. The molecule has 0 bridgehead atoms. The Labute approximate surface area is 131 Å². The molecule has 1 aromatic heterocycles. The SMILES string of the molecule is CCCOc1ccc(C(N)Cc2nc(CC)c(C)s2)cc1. The first-order valence-corrected chi connectivity index (χ1v) is 8.39. The minimum atomic E-state index is -0.0134. The Morgan fingerprint density at radius 1 is 1.24 bits per heavy atom. The highest BCUT2D eigenvalue weighted by molar-refractivity contribution is 7.11. The van der Waals surface area contributed by atoms with E-state index >= 15 is 0 Å². The maximum atomic E-state index is 6.30. The molecule has 0 amide bonds. The second-order valence-electron chi connectivity index (χ2n) is 5.19. The van der Waals surface area contributed by atoms with Gasteiger partial charge in [-0.25, -0.2) is 4.98 Å².